The van der Waals surface area contributed by atoms with Crippen LogP contribution in [0.1, 0.15) is 66.6 Å². The molecule has 1 aliphatic carbocycles. The highest BCUT2D eigenvalue weighted by Crippen LogP contribution is 2.36. The van der Waals surface area contributed by atoms with E-state index in [1.165, 1.54) is 18.2 Å². The SMILES string of the molecule is CCOC(=O)c1cc2c(c(CSc3nc4ccccc4c(=O)n3C3CCCCC3)c1)OCOC2. The number of esters is 1. The molecule has 178 valence electrons. The van der Waals surface area contributed by atoms with Gasteiger partial charge in [-0.3, -0.25) is 9.36 Å². The quantitative estimate of drug-likeness (QED) is 0.271. The Labute approximate surface area is 202 Å². The van der Waals surface area contributed by atoms with E-state index in [2.05, 4.69) is 0 Å². The van der Waals surface area contributed by atoms with Gasteiger partial charge in [-0.25, -0.2) is 9.78 Å². The van der Waals surface area contributed by atoms with Gasteiger partial charge in [0, 0.05) is 22.9 Å². The molecule has 0 N–H and O–H groups in total. The molecule has 7 nitrogen and oxygen atoms in total. The van der Waals surface area contributed by atoms with E-state index in [1.807, 2.05) is 34.9 Å². The maximum absolute atomic E-state index is 13.5. The van der Waals surface area contributed by atoms with Crippen molar-refractivity contribution in [3.8, 4) is 5.75 Å². The molecule has 1 aromatic heterocycles. The molecule has 0 saturated heterocycles. The minimum absolute atomic E-state index is 0.0203. The first-order valence-corrected chi connectivity index (χ1v) is 12.8. The third-order valence-corrected chi connectivity index (χ3v) is 7.37. The molecule has 1 aliphatic heterocycles. The maximum Gasteiger partial charge on any atom is 0.338 e. The van der Waals surface area contributed by atoms with E-state index in [0.717, 1.165) is 42.6 Å². The molecule has 0 amide bonds. The molecule has 0 atom stereocenters. The second kappa shape index (κ2) is 10.2. The first-order valence-electron chi connectivity index (χ1n) is 11.8. The van der Waals surface area contributed by atoms with Crippen molar-refractivity contribution in [3.63, 3.8) is 0 Å². The fourth-order valence-corrected chi connectivity index (χ4v) is 5.80. The second-order valence-electron chi connectivity index (χ2n) is 8.62. The minimum atomic E-state index is -0.370. The lowest BCUT2D eigenvalue weighted by atomic mass is 9.95. The Morgan fingerprint density at radius 1 is 1.21 bits per heavy atom. The summed E-state index contributed by atoms with van der Waals surface area (Å²) in [6, 6.07) is 11.3. The number of fused-ring (bicyclic) bond motifs is 2. The Hall–Kier alpha value is -2.84. The van der Waals surface area contributed by atoms with Crippen LogP contribution in [0.5, 0.6) is 5.75 Å². The number of carbonyl (C=O) groups is 1. The summed E-state index contributed by atoms with van der Waals surface area (Å²) in [7, 11) is 0. The number of benzene rings is 2. The fourth-order valence-electron chi connectivity index (χ4n) is 4.77. The Morgan fingerprint density at radius 2 is 2.03 bits per heavy atom. The number of ether oxygens (including phenoxy) is 3. The van der Waals surface area contributed by atoms with E-state index >= 15 is 0 Å². The second-order valence-corrected chi connectivity index (χ2v) is 9.56. The molecular weight excluding hydrogens is 452 g/mol. The van der Waals surface area contributed by atoms with Crippen molar-refractivity contribution in [1.82, 2.24) is 9.55 Å². The van der Waals surface area contributed by atoms with E-state index in [-0.39, 0.29) is 24.4 Å². The van der Waals surface area contributed by atoms with Gasteiger partial charge in [0.25, 0.3) is 5.56 Å². The zero-order chi connectivity index (χ0) is 23.5. The van der Waals surface area contributed by atoms with Crippen LogP contribution in [0.15, 0.2) is 46.3 Å². The number of rotatable bonds is 6. The number of thioether (sulfide) groups is 1. The smallest absolute Gasteiger partial charge is 0.338 e. The predicted octanol–water partition coefficient (Wildman–Crippen LogP) is 5.24. The third-order valence-electron chi connectivity index (χ3n) is 6.37. The average Bonchev–Trinajstić information content (AvgIpc) is 2.88. The molecule has 0 unspecified atom stereocenters. The fraction of sp³-hybridized carbons (Fsp3) is 0.423. The maximum atomic E-state index is 13.5. The molecule has 0 spiro atoms. The summed E-state index contributed by atoms with van der Waals surface area (Å²) in [4.78, 5) is 30.8. The normalized spacial score (nSPS) is 16.1. The molecule has 2 aliphatic rings. The molecule has 2 heterocycles. The van der Waals surface area contributed by atoms with Gasteiger partial charge in [0.15, 0.2) is 11.9 Å². The summed E-state index contributed by atoms with van der Waals surface area (Å²) in [6.07, 6.45) is 5.43. The van der Waals surface area contributed by atoms with E-state index in [9.17, 15) is 9.59 Å². The largest absolute Gasteiger partial charge is 0.467 e. The molecule has 0 bridgehead atoms. The Morgan fingerprint density at radius 3 is 2.85 bits per heavy atom. The first-order chi connectivity index (χ1) is 16.7. The van der Waals surface area contributed by atoms with Gasteiger partial charge in [-0.2, -0.15) is 0 Å². The van der Waals surface area contributed by atoms with Crippen molar-refractivity contribution in [2.75, 3.05) is 13.4 Å². The summed E-state index contributed by atoms with van der Waals surface area (Å²) >= 11 is 1.51. The van der Waals surface area contributed by atoms with E-state index in [0.29, 0.717) is 40.6 Å². The lowest BCUT2D eigenvalue weighted by Crippen LogP contribution is -2.29. The Balaban J connectivity index is 1.53. The summed E-state index contributed by atoms with van der Waals surface area (Å²) in [5.41, 5.74) is 2.89. The predicted molar refractivity (Wildman–Crippen MR) is 130 cm³/mol. The van der Waals surface area contributed by atoms with Crippen LogP contribution in [0, 0.1) is 0 Å². The van der Waals surface area contributed by atoms with Gasteiger partial charge in [0.1, 0.15) is 5.75 Å². The summed E-state index contributed by atoms with van der Waals surface area (Å²) in [5, 5.41) is 1.36. The monoisotopic (exact) mass is 480 g/mol. The van der Waals surface area contributed by atoms with Crippen LogP contribution in [0.3, 0.4) is 0 Å². The molecule has 2 aromatic carbocycles. The summed E-state index contributed by atoms with van der Waals surface area (Å²) in [6.45, 7) is 2.64. The highest BCUT2D eigenvalue weighted by Gasteiger charge is 2.24. The number of hydrogen-bond acceptors (Lipinski definition) is 7. The zero-order valence-electron chi connectivity index (χ0n) is 19.2. The standard InChI is InChI=1S/C26H28N2O5S/c1-2-32-25(30)17-12-18-14-31-16-33-23(18)19(13-17)15-34-26-27-22-11-7-6-10-21(22)24(29)28(26)20-8-4-3-5-9-20/h6-7,10-13,20H,2-5,8-9,14-16H2,1H3. The molecule has 5 rings (SSSR count). The van der Waals surface area contributed by atoms with Crippen LogP contribution < -0.4 is 10.3 Å². The van der Waals surface area contributed by atoms with Crippen molar-refractivity contribution < 1.29 is 19.0 Å². The zero-order valence-corrected chi connectivity index (χ0v) is 20.1. The topological polar surface area (TPSA) is 79.7 Å². The average molecular weight is 481 g/mol. The van der Waals surface area contributed by atoms with Crippen molar-refractivity contribution in [2.45, 2.75) is 62.6 Å². The van der Waals surface area contributed by atoms with Crippen LogP contribution in [0.25, 0.3) is 10.9 Å². The molecule has 3 aromatic rings. The Bertz CT molecular complexity index is 1270. The lowest BCUT2D eigenvalue weighted by Gasteiger charge is -2.26. The van der Waals surface area contributed by atoms with Crippen LogP contribution in [-0.4, -0.2) is 28.9 Å². The van der Waals surface area contributed by atoms with Crippen molar-refractivity contribution in [2.24, 2.45) is 0 Å². The van der Waals surface area contributed by atoms with Crippen LogP contribution in [0.4, 0.5) is 0 Å². The van der Waals surface area contributed by atoms with Gasteiger partial charge in [-0.15, -0.1) is 0 Å². The van der Waals surface area contributed by atoms with Crippen LogP contribution >= 0.6 is 11.8 Å². The van der Waals surface area contributed by atoms with Crippen molar-refractivity contribution in [1.29, 1.82) is 0 Å². The number of para-hydroxylation sites is 1. The number of carbonyl (C=O) groups excluding carboxylic acids is 1. The molecule has 8 heteroatoms. The number of hydrogen-bond donors (Lipinski definition) is 0. The molecular formula is C26H28N2O5S. The van der Waals surface area contributed by atoms with Gasteiger partial charge in [0.05, 0.1) is 29.7 Å². The van der Waals surface area contributed by atoms with Gasteiger partial charge in [-0.05, 0) is 44.0 Å². The highest BCUT2D eigenvalue weighted by molar-refractivity contribution is 7.98. The van der Waals surface area contributed by atoms with Crippen molar-refractivity contribution >= 4 is 28.6 Å². The van der Waals surface area contributed by atoms with Gasteiger partial charge < -0.3 is 14.2 Å². The lowest BCUT2D eigenvalue weighted by molar-refractivity contribution is -0.0169. The van der Waals surface area contributed by atoms with E-state index in [1.54, 1.807) is 13.0 Å². The Kier molecular flexibility index (Phi) is 6.87. The molecule has 0 radical (unpaired) electrons. The molecule has 34 heavy (non-hydrogen) atoms. The van der Waals surface area contributed by atoms with Gasteiger partial charge in [-0.1, -0.05) is 43.2 Å². The highest BCUT2D eigenvalue weighted by atomic mass is 32.2. The molecule has 1 saturated carbocycles. The molecule has 1 fully saturated rings. The van der Waals surface area contributed by atoms with Crippen LogP contribution in [-0.2, 0) is 21.8 Å². The van der Waals surface area contributed by atoms with Crippen molar-refractivity contribution in [3.05, 3.63) is 63.4 Å². The first kappa shape index (κ1) is 22.9. The van der Waals surface area contributed by atoms with E-state index in [4.69, 9.17) is 19.2 Å². The van der Waals surface area contributed by atoms with Gasteiger partial charge in [0.2, 0.25) is 0 Å². The minimum Gasteiger partial charge on any atom is -0.467 e. The third kappa shape index (κ3) is 4.57. The van der Waals surface area contributed by atoms with Gasteiger partial charge >= 0.3 is 5.97 Å². The van der Waals surface area contributed by atoms with E-state index < -0.39 is 0 Å². The summed E-state index contributed by atoms with van der Waals surface area (Å²) < 4.78 is 18.3. The number of aromatic nitrogens is 2. The summed E-state index contributed by atoms with van der Waals surface area (Å²) in [5.74, 6) is 0.872. The number of nitrogens with zero attached hydrogens (tertiary/aromatic N) is 2. The van der Waals surface area contributed by atoms with Crippen LogP contribution in [0.2, 0.25) is 0 Å².